The highest BCUT2D eigenvalue weighted by molar-refractivity contribution is 6.92. The highest BCUT2D eigenvalue weighted by Crippen LogP contribution is 2.14. The van der Waals surface area contributed by atoms with E-state index in [9.17, 15) is 0 Å². The van der Waals surface area contributed by atoms with E-state index in [1.54, 1.807) is 6.07 Å². The van der Waals surface area contributed by atoms with E-state index in [0.717, 1.165) is 0 Å². The lowest BCUT2D eigenvalue weighted by molar-refractivity contribution is 0.450. The van der Waals surface area contributed by atoms with Gasteiger partial charge in [0, 0.05) is 6.07 Å². The summed E-state index contributed by atoms with van der Waals surface area (Å²) in [5, 5.41) is 17.3. The van der Waals surface area contributed by atoms with Crippen molar-refractivity contribution in [1.29, 1.82) is 0 Å². The third-order valence-electron chi connectivity index (χ3n) is 0.830. The maximum Gasteiger partial charge on any atom is 0.119 e. The molecule has 2 nitrogen and oxygen atoms in total. The normalized spacial score (nSPS) is 8.00. The van der Waals surface area contributed by atoms with Crippen molar-refractivity contribution in [3.63, 3.8) is 0 Å². The second-order valence-corrected chi connectivity index (χ2v) is 1.52. The molecule has 0 aliphatic heterocycles. The third-order valence-corrected chi connectivity index (χ3v) is 0.830. The minimum Gasteiger partial charge on any atom is -0.508 e. The number of benzene rings is 1. The van der Waals surface area contributed by atoms with Crippen LogP contribution in [0.4, 0.5) is 0 Å². The van der Waals surface area contributed by atoms with Crippen LogP contribution in [0.1, 0.15) is 0 Å². The summed E-state index contributed by atoms with van der Waals surface area (Å²) in [6, 6.07) is 5.85. The Bertz CT molecular complexity index is 171. The second-order valence-electron chi connectivity index (χ2n) is 1.52. The van der Waals surface area contributed by atoms with Crippen LogP contribution in [0.5, 0.6) is 11.5 Å². The lowest BCUT2D eigenvalue weighted by Gasteiger charge is -1.89. The molecule has 2 N–H and O–H groups in total. The number of hydrogen-bond donors (Lipinski definition) is 2. The Labute approximate surface area is 56.8 Å². The first-order chi connectivity index (χ1) is 3.79. The summed E-state index contributed by atoms with van der Waals surface area (Å²) < 4.78 is 0. The van der Waals surface area contributed by atoms with Gasteiger partial charge in [-0.2, -0.15) is 9.90 Å². The minimum atomic E-state index is 0. The zero-order valence-electron chi connectivity index (χ0n) is 4.91. The molecule has 0 aliphatic carbocycles. The molecule has 0 amide bonds. The van der Waals surface area contributed by atoms with E-state index in [0.29, 0.717) is 0 Å². The van der Waals surface area contributed by atoms with Gasteiger partial charge in [0.15, 0.2) is 0 Å². The predicted octanol–water partition coefficient (Wildman–Crippen LogP) is 1.16. The van der Waals surface area contributed by atoms with E-state index in [1.165, 1.54) is 18.2 Å². The maximum atomic E-state index is 8.65. The molecule has 9 heavy (non-hydrogen) atoms. The highest BCUT2D eigenvalue weighted by atomic mass is 31.0. The fourth-order valence-electron chi connectivity index (χ4n) is 0.493. The van der Waals surface area contributed by atoms with Crippen LogP contribution in [-0.2, 0) is 0 Å². The maximum absolute atomic E-state index is 8.65. The molecule has 0 spiro atoms. The van der Waals surface area contributed by atoms with E-state index >= 15 is 0 Å². The average Bonchev–Trinajstić information content (AvgIpc) is 1.64. The Balaban J connectivity index is 0.000000640. The van der Waals surface area contributed by atoms with Gasteiger partial charge in [-0.1, -0.05) is 6.07 Å². The zero-order chi connectivity index (χ0) is 5.98. The zero-order valence-corrected chi connectivity index (χ0v) is 6.33. The Hall–Kier alpha value is -0.750. The van der Waals surface area contributed by atoms with Crippen LogP contribution in [0.15, 0.2) is 24.3 Å². The van der Waals surface area contributed by atoms with Gasteiger partial charge >= 0.3 is 0 Å². The molecule has 1 rings (SSSR count). The molecule has 0 aliphatic rings. The average molecular weight is 144 g/mol. The molecule has 0 saturated heterocycles. The summed E-state index contributed by atoms with van der Waals surface area (Å²) in [4.78, 5) is 0. The van der Waals surface area contributed by atoms with Crippen LogP contribution >= 0.6 is 9.90 Å². The minimum absolute atomic E-state index is 0. The van der Waals surface area contributed by atoms with Crippen molar-refractivity contribution in [3.05, 3.63) is 24.3 Å². The summed E-state index contributed by atoms with van der Waals surface area (Å²) >= 11 is 0. The van der Waals surface area contributed by atoms with Crippen molar-refractivity contribution >= 4 is 9.90 Å². The number of rotatable bonds is 0. The summed E-state index contributed by atoms with van der Waals surface area (Å²) in [5.41, 5.74) is 0. The SMILES string of the molecule is Oc1cccc(O)c1.P. The number of hydrogen-bond acceptors (Lipinski definition) is 2. The summed E-state index contributed by atoms with van der Waals surface area (Å²) in [6.07, 6.45) is 0. The molecule has 1 aromatic rings. The molecule has 0 heterocycles. The van der Waals surface area contributed by atoms with Crippen molar-refractivity contribution in [2.24, 2.45) is 0 Å². The molecule has 0 saturated carbocycles. The number of aromatic hydroxyl groups is 2. The number of phenolic OH excluding ortho intramolecular Hbond substituents is 2. The molecule has 1 aromatic carbocycles. The fourth-order valence-corrected chi connectivity index (χ4v) is 0.493. The van der Waals surface area contributed by atoms with E-state index in [2.05, 4.69) is 0 Å². The van der Waals surface area contributed by atoms with Crippen LogP contribution in [0.3, 0.4) is 0 Å². The molecule has 0 fully saturated rings. The van der Waals surface area contributed by atoms with Gasteiger partial charge in [0.25, 0.3) is 0 Å². The molecule has 1 atom stereocenters. The van der Waals surface area contributed by atoms with Crippen LogP contribution in [0.25, 0.3) is 0 Å². The van der Waals surface area contributed by atoms with Gasteiger partial charge in [0.1, 0.15) is 11.5 Å². The molecule has 1 unspecified atom stereocenters. The monoisotopic (exact) mass is 144 g/mol. The molecule has 50 valence electrons. The standard InChI is InChI=1S/C6H6O2.H3P/c7-5-2-1-3-6(8)4-5;/h1-4,7-8H;1H3. The lowest BCUT2D eigenvalue weighted by atomic mass is 10.3. The Morgan fingerprint density at radius 2 is 1.44 bits per heavy atom. The lowest BCUT2D eigenvalue weighted by Crippen LogP contribution is -1.61. The molecule has 3 heteroatoms. The summed E-state index contributed by atoms with van der Waals surface area (Å²) in [6.45, 7) is 0. The largest absolute Gasteiger partial charge is 0.508 e. The van der Waals surface area contributed by atoms with Gasteiger partial charge in [0.05, 0.1) is 0 Å². The first-order valence-corrected chi connectivity index (χ1v) is 2.27. The van der Waals surface area contributed by atoms with Gasteiger partial charge in [-0.15, -0.1) is 0 Å². The van der Waals surface area contributed by atoms with Gasteiger partial charge in [-0.25, -0.2) is 0 Å². The van der Waals surface area contributed by atoms with Crippen LogP contribution in [0.2, 0.25) is 0 Å². The first-order valence-electron chi connectivity index (χ1n) is 2.27. The Kier molecular flexibility index (Phi) is 3.03. The molecule has 0 radical (unpaired) electrons. The quantitative estimate of drug-likeness (QED) is 0.536. The summed E-state index contributed by atoms with van der Waals surface area (Å²) in [5.74, 6) is 0.176. The van der Waals surface area contributed by atoms with Gasteiger partial charge < -0.3 is 10.2 Å². The van der Waals surface area contributed by atoms with Gasteiger partial charge in [-0.3, -0.25) is 0 Å². The first kappa shape index (κ1) is 8.25. The van der Waals surface area contributed by atoms with Crippen molar-refractivity contribution in [2.45, 2.75) is 0 Å². The van der Waals surface area contributed by atoms with E-state index < -0.39 is 0 Å². The van der Waals surface area contributed by atoms with E-state index in [-0.39, 0.29) is 21.4 Å². The van der Waals surface area contributed by atoms with Gasteiger partial charge in [0.2, 0.25) is 0 Å². The molecular weight excluding hydrogens is 135 g/mol. The molecule has 0 bridgehead atoms. The fraction of sp³-hybridized carbons (Fsp3) is 0. The predicted molar refractivity (Wildman–Crippen MR) is 40.9 cm³/mol. The second kappa shape index (κ2) is 3.31. The highest BCUT2D eigenvalue weighted by Gasteiger charge is 1.85. The van der Waals surface area contributed by atoms with Gasteiger partial charge in [-0.05, 0) is 12.1 Å². The van der Waals surface area contributed by atoms with Crippen molar-refractivity contribution < 1.29 is 10.2 Å². The van der Waals surface area contributed by atoms with Crippen molar-refractivity contribution in [2.75, 3.05) is 0 Å². The Morgan fingerprint density at radius 3 is 1.67 bits per heavy atom. The van der Waals surface area contributed by atoms with Crippen molar-refractivity contribution in [3.8, 4) is 11.5 Å². The van der Waals surface area contributed by atoms with E-state index in [1.807, 2.05) is 0 Å². The van der Waals surface area contributed by atoms with Crippen molar-refractivity contribution in [1.82, 2.24) is 0 Å². The summed E-state index contributed by atoms with van der Waals surface area (Å²) in [7, 11) is 0. The Morgan fingerprint density at radius 1 is 1.00 bits per heavy atom. The van der Waals surface area contributed by atoms with Crippen LogP contribution < -0.4 is 0 Å². The topological polar surface area (TPSA) is 40.5 Å². The van der Waals surface area contributed by atoms with Crippen LogP contribution in [-0.4, -0.2) is 10.2 Å². The van der Waals surface area contributed by atoms with E-state index in [4.69, 9.17) is 10.2 Å². The molecular formula is C6H9O2P. The smallest absolute Gasteiger partial charge is 0.119 e. The number of phenols is 2. The third kappa shape index (κ3) is 2.34. The molecule has 0 aromatic heterocycles. The van der Waals surface area contributed by atoms with Crippen LogP contribution in [0, 0.1) is 0 Å².